The van der Waals surface area contributed by atoms with Gasteiger partial charge in [-0.15, -0.1) is 0 Å². The first-order chi connectivity index (χ1) is 17.3. The summed E-state index contributed by atoms with van der Waals surface area (Å²) in [6.07, 6.45) is -0.590. The first-order valence-corrected chi connectivity index (χ1v) is 12.7. The topological polar surface area (TPSA) is 0 Å². The summed E-state index contributed by atoms with van der Waals surface area (Å²) in [7, 11) is 0. The average Bonchev–Trinajstić information content (AvgIpc) is 2.86. The molecular formula is C30H30F6. The molecule has 36 heavy (non-hydrogen) atoms. The molecule has 0 saturated carbocycles. The van der Waals surface area contributed by atoms with Crippen LogP contribution >= 0.6 is 0 Å². The molecule has 0 radical (unpaired) electrons. The molecule has 0 amide bonds. The molecule has 3 aromatic rings. The lowest BCUT2D eigenvalue weighted by Gasteiger charge is -2.28. The molecule has 0 aromatic heterocycles. The molecule has 2 unspecified atom stereocenters. The van der Waals surface area contributed by atoms with Crippen molar-refractivity contribution in [1.29, 1.82) is 0 Å². The molecule has 0 bridgehead atoms. The Hall–Kier alpha value is -2.76. The molecule has 4 rings (SSSR count). The van der Waals surface area contributed by atoms with Crippen molar-refractivity contribution in [3.8, 4) is 11.1 Å². The summed E-state index contributed by atoms with van der Waals surface area (Å²) >= 11 is 0. The fraction of sp³-hybridized carbons (Fsp3) is 0.400. The third-order valence-electron chi connectivity index (χ3n) is 7.09. The van der Waals surface area contributed by atoms with Crippen LogP contribution < -0.4 is 0 Å². The standard InChI is InChI=1S/C30H30F6/c1-3-5-6-8-18-9-11-20(28(34)27(18)33)12-10-19-14-16-22-21-15-13-17(7-4-2)25(31)23(21)29(35)30(36)24(22)26(19)32/h9,11,13-16,29-30H,3-8,10,12H2,1-2H3. The number of alkyl halides is 2. The molecule has 0 fully saturated rings. The molecule has 0 N–H and O–H groups in total. The average molecular weight is 505 g/mol. The number of hydrogen-bond acceptors (Lipinski definition) is 0. The highest BCUT2D eigenvalue weighted by Crippen LogP contribution is 2.51. The van der Waals surface area contributed by atoms with Crippen LogP contribution in [0.25, 0.3) is 11.1 Å². The van der Waals surface area contributed by atoms with Crippen molar-refractivity contribution in [2.45, 2.75) is 77.6 Å². The van der Waals surface area contributed by atoms with E-state index in [1.165, 1.54) is 30.3 Å². The predicted octanol–water partition coefficient (Wildman–Crippen LogP) is 9.42. The summed E-state index contributed by atoms with van der Waals surface area (Å²) in [5.41, 5.74) is 0.216. The van der Waals surface area contributed by atoms with Crippen LogP contribution in [0.1, 0.15) is 85.3 Å². The van der Waals surface area contributed by atoms with E-state index in [1.807, 2.05) is 13.8 Å². The molecule has 192 valence electrons. The van der Waals surface area contributed by atoms with Crippen LogP contribution in [0.3, 0.4) is 0 Å². The van der Waals surface area contributed by atoms with Gasteiger partial charge in [0.1, 0.15) is 11.6 Å². The predicted molar refractivity (Wildman–Crippen MR) is 130 cm³/mol. The first-order valence-electron chi connectivity index (χ1n) is 12.7. The Morgan fingerprint density at radius 1 is 0.500 bits per heavy atom. The van der Waals surface area contributed by atoms with Gasteiger partial charge in [0.05, 0.1) is 0 Å². The maximum absolute atomic E-state index is 15.4. The molecule has 0 saturated heterocycles. The molecule has 0 heterocycles. The number of aryl methyl sites for hydroxylation is 4. The van der Waals surface area contributed by atoms with E-state index >= 15 is 13.2 Å². The third-order valence-corrected chi connectivity index (χ3v) is 7.09. The van der Waals surface area contributed by atoms with E-state index in [2.05, 4.69) is 0 Å². The largest absolute Gasteiger partial charge is 0.239 e. The highest BCUT2D eigenvalue weighted by molar-refractivity contribution is 5.76. The molecule has 2 atom stereocenters. The Morgan fingerprint density at radius 2 is 0.917 bits per heavy atom. The van der Waals surface area contributed by atoms with Gasteiger partial charge in [-0.25, -0.2) is 26.3 Å². The second kappa shape index (κ2) is 11.1. The third kappa shape index (κ3) is 4.79. The Bertz CT molecular complexity index is 1250. The number of halogens is 6. The van der Waals surface area contributed by atoms with Crippen molar-refractivity contribution < 1.29 is 26.3 Å². The second-order valence-corrected chi connectivity index (χ2v) is 9.52. The van der Waals surface area contributed by atoms with Crippen molar-refractivity contribution in [2.75, 3.05) is 0 Å². The zero-order valence-electron chi connectivity index (χ0n) is 20.5. The van der Waals surface area contributed by atoms with Gasteiger partial charge in [-0.2, -0.15) is 0 Å². The maximum atomic E-state index is 15.4. The van der Waals surface area contributed by atoms with Gasteiger partial charge in [-0.05, 0) is 65.5 Å². The minimum atomic E-state index is -2.37. The van der Waals surface area contributed by atoms with Crippen molar-refractivity contribution in [3.63, 3.8) is 0 Å². The lowest BCUT2D eigenvalue weighted by Crippen LogP contribution is -2.17. The first kappa shape index (κ1) is 26.3. The Balaban J connectivity index is 1.62. The van der Waals surface area contributed by atoms with Crippen molar-refractivity contribution in [1.82, 2.24) is 0 Å². The molecule has 1 aliphatic carbocycles. The SMILES string of the molecule is CCCCCc1ccc(CCc2ccc3c(c2F)C(F)C(F)c2c-3ccc(CCC)c2F)c(F)c1F. The fourth-order valence-electron chi connectivity index (χ4n) is 5.08. The number of fused-ring (bicyclic) bond motifs is 3. The summed E-state index contributed by atoms with van der Waals surface area (Å²) < 4.78 is 89.7. The minimum Gasteiger partial charge on any atom is -0.239 e. The molecule has 3 aromatic carbocycles. The second-order valence-electron chi connectivity index (χ2n) is 9.52. The smallest absolute Gasteiger partial charge is 0.164 e. The van der Waals surface area contributed by atoms with Gasteiger partial charge in [-0.1, -0.05) is 69.5 Å². The molecular weight excluding hydrogens is 474 g/mol. The summed E-state index contributed by atoms with van der Waals surface area (Å²) in [6.45, 7) is 3.89. The minimum absolute atomic E-state index is 0.00466. The lowest BCUT2D eigenvalue weighted by atomic mass is 9.80. The molecule has 6 heteroatoms. The van der Waals surface area contributed by atoms with E-state index < -0.39 is 41.2 Å². The van der Waals surface area contributed by atoms with Crippen molar-refractivity contribution in [3.05, 3.63) is 93.0 Å². The summed E-state index contributed by atoms with van der Waals surface area (Å²) in [5.74, 6) is -3.56. The van der Waals surface area contributed by atoms with Gasteiger partial charge in [0, 0.05) is 11.1 Å². The van der Waals surface area contributed by atoms with Gasteiger partial charge in [0.15, 0.2) is 24.0 Å². The van der Waals surface area contributed by atoms with E-state index in [9.17, 15) is 13.2 Å². The van der Waals surface area contributed by atoms with E-state index in [-0.39, 0.29) is 40.7 Å². The van der Waals surface area contributed by atoms with Crippen LogP contribution in [0.4, 0.5) is 26.3 Å². The number of benzene rings is 3. The molecule has 1 aliphatic rings. The fourth-order valence-corrected chi connectivity index (χ4v) is 5.08. The summed E-state index contributed by atoms with van der Waals surface area (Å²) in [5, 5.41) is 0. The zero-order valence-corrected chi connectivity index (χ0v) is 20.5. The molecule has 0 nitrogen and oxygen atoms in total. The number of rotatable bonds is 9. The van der Waals surface area contributed by atoms with Gasteiger partial charge in [-0.3, -0.25) is 0 Å². The van der Waals surface area contributed by atoms with Crippen LogP contribution in [0.2, 0.25) is 0 Å². The normalized spacial score (nSPS) is 16.7. The Morgan fingerprint density at radius 3 is 1.39 bits per heavy atom. The Kier molecular flexibility index (Phi) is 8.11. The van der Waals surface area contributed by atoms with Gasteiger partial charge >= 0.3 is 0 Å². The van der Waals surface area contributed by atoms with Gasteiger partial charge in [0.2, 0.25) is 0 Å². The Labute approximate surface area is 208 Å². The highest BCUT2D eigenvalue weighted by atomic mass is 19.2. The summed E-state index contributed by atoms with van der Waals surface area (Å²) in [4.78, 5) is 0. The van der Waals surface area contributed by atoms with Gasteiger partial charge in [0.25, 0.3) is 0 Å². The van der Waals surface area contributed by atoms with E-state index in [1.54, 1.807) is 6.07 Å². The molecule has 0 spiro atoms. The quantitative estimate of drug-likeness (QED) is 0.201. The monoisotopic (exact) mass is 504 g/mol. The maximum Gasteiger partial charge on any atom is 0.164 e. The van der Waals surface area contributed by atoms with Crippen LogP contribution in [0, 0.1) is 23.3 Å². The van der Waals surface area contributed by atoms with Crippen molar-refractivity contribution in [2.24, 2.45) is 0 Å². The summed E-state index contributed by atoms with van der Waals surface area (Å²) in [6, 6.07) is 8.97. The van der Waals surface area contributed by atoms with Gasteiger partial charge < -0.3 is 0 Å². The van der Waals surface area contributed by atoms with Crippen LogP contribution in [-0.2, 0) is 25.7 Å². The van der Waals surface area contributed by atoms with Crippen molar-refractivity contribution >= 4 is 0 Å². The van der Waals surface area contributed by atoms with Crippen LogP contribution in [0.15, 0.2) is 36.4 Å². The number of hydrogen-bond donors (Lipinski definition) is 0. The van der Waals surface area contributed by atoms with E-state index in [0.29, 0.717) is 30.4 Å². The van der Waals surface area contributed by atoms with E-state index in [4.69, 9.17) is 0 Å². The van der Waals surface area contributed by atoms with Crippen LogP contribution in [0.5, 0.6) is 0 Å². The highest BCUT2D eigenvalue weighted by Gasteiger charge is 2.39. The van der Waals surface area contributed by atoms with Crippen LogP contribution in [-0.4, -0.2) is 0 Å². The lowest BCUT2D eigenvalue weighted by molar-refractivity contribution is 0.160. The molecule has 0 aliphatic heterocycles. The number of unbranched alkanes of at least 4 members (excludes halogenated alkanes) is 2. The van der Waals surface area contributed by atoms with E-state index in [0.717, 1.165) is 19.3 Å². The zero-order chi connectivity index (χ0) is 26.0.